The molecular weight excluding hydrogens is 210 g/mol. The molecule has 0 heterocycles. The predicted octanol–water partition coefficient (Wildman–Crippen LogP) is 3.87. The normalized spacial score (nSPS) is 10.4. The van der Waals surface area contributed by atoms with Crippen molar-refractivity contribution in [2.75, 3.05) is 26.2 Å². The Kier molecular flexibility index (Phi) is 9.77. The van der Waals surface area contributed by atoms with Crippen molar-refractivity contribution in [3.05, 3.63) is 12.2 Å². The third-order valence-corrected chi connectivity index (χ3v) is 2.83. The molecule has 0 aliphatic heterocycles. The summed E-state index contributed by atoms with van der Waals surface area (Å²) in [5, 5.41) is 0. The fraction of sp³-hybridized carbons (Fsp3) is 0.800. The average Bonchev–Trinajstić information content (AvgIpc) is 2.23. The van der Waals surface area contributed by atoms with Crippen LogP contribution in [0, 0.1) is 0 Å². The summed E-state index contributed by atoms with van der Waals surface area (Å²) in [6.45, 7) is 14.2. The van der Waals surface area contributed by atoms with Crippen LogP contribution in [0.3, 0.4) is 0 Å². The van der Waals surface area contributed by atoms with Gasteiger partial charge in [-0.2, -0.15) is 17.6 Å². The maximum absolute atomic E-state index is 10.3. The fourth-order valence-electron chi connectivity index (χ4n) is 1.34. The molecule has 5 heteroatoms. The first-order valence-electron chi connectivity index (χ1n) is 5.10. The van der Waals surface area contributed by atoms with Crippen LogP contribution >= 0.6 is 0 Å². The third kappa shape index (κ3) is 7.36. The van der Waals surface area contributed by atoms with Crippen LogP contribution in [0.2, 0.25) is 0 Å². The highest BCUT2D eigenvalue weighted by Crippen LogP contribution is 2.08. The molecule has 0 spiro atoms. The van der Waals surface area contributed by atoms with Crippen molar-refractivity contribution in [3.8, 4) is 0 Å². The molecular formula is C10H20F4N+. The van der Waals surface area contributed by atoms with Crippen molar-refractivity contribution >= 4 is 0 Å². The largest absolute Gasteiger partial charge is 0.334 e. The maximum Gasteiger partial charge on any atom is 0.334 e. The zero-order valence-electron chi connectivity index (χ0n) is 9.79. The van der Waals surface area contributed by atoms with Gasteiger partial charge in [0.15, 0.2) is 0 Å². The van der Waals surface area contributed by atoms with Gasteiger partial charge in [-0.25, -0.2) is 0 Å². The van der Waals surface area contributed by atoms with Crippen LogP contribution in [-0.4, -0.2) is 30.7 Å². The molecule has 1 nitrogen and oxygen atoms in total. The van der Waals surface area contributed by atoms with Gasteiger partial charge in [0.05, 0.1) is 26.2 Å². The molecule has 0 N–H and O–H groups in total. The number of halogens is 4. The van der Waals surface area contributed by atoms with E-state index >= 15 is 0 Å². The number of quaternary nitrogens is 1. The van der Waals surface area contributed by atoms with E-state index in [1.54, 1.807) is 0 Å². The lowest BCUT2D eigenvalue weighted by Crippen LogP contribution is -2.47. The Bertz CT molecular complexity index is 152. The molecule has 0 saturated carbocycles. The van der Waals surface area contributed by atoms with Gasteiger partial charge in [0.25, 0.3) is 0 Å². The summed E-state index contributed by atoms with van der Waals surface area (Å²) in [5.74, 6) is 0. The number of rotatable bonds is 4. The van der Waals surface area contributed by atoms with E-state index in [0.29, 0.717) is 0 Å². The predicted molar refractivity (Wildman–Crippen MR) is 53.9 cm³/mol. The minimum absolute atomic E-state index is 1.28. The van der Waals surface area contributed by atoms with Crippen LogP contribution in [0.1, 0.15) is 27.7 Å². The maximum atomic E-state index is 10.3. The highest BCUT2D eigenvalue weighted by molar-refractivity contribution is 4.77. The van der Waals surface area contributed by atoms with Gasteiger partial charge in [-0.15, -0.1) is 0 Å². The van der Waals surface area contributed by atoms with Crippen LogP contribution in [-0.2, 0) is 0 Å². The third-order valence-electron chi connectivity index (χ3n) is 2.83. The number of hydrogen-bond donors (Lipinski definition) is 0. The zero-order chi connectivity index (χ0) is 12.5. The summed E-state index contributed by atoms with van der Waals surface area (Å²) >= 11 is 0. The highest BCUT2D eigenvalue weighted by Gasteiger charge is 2.16. The Labute approximate surface area is 89.0 Å². The first kappa shape index (κ1) is 16.8. The lowest BCUT2D eigenvalue weighted by molar-refractivity contribution is -0.921. The van der Waals surface area contributed by atoms with Gasteiger partial charge in [-0.3, -0.25) is 0 Å². The van der Waals surface area contributed by atoms with Crippen LogP contribution in [0.25, 0.3) is 0 Å². The van der Waals surface area contributed by atoms with Crippen LogP contribution in [0.4, 0.5) is 17.6 Å². The molecule has 0 saturated heterocycles. The molecule has 0 aliphatic rings. The molecule has 0 radical (unpaired) electrons. The molecule has 0 fully saturated rings. The van der Waals surface area contributed by atoms with E-state index in [2.05, 4.69) is 27.7 Å². The van der Waals surface area contributed by atoms with Crippen molar-refractivity contribution in [1.82, 2.24) is 0 Å². The van der Waals surface area contributed by atoms with Gasteiger partial charge in [-0.05, 0) is 27.7 Å². The number of nitrogens with zero attached hydrogens (tertiary/aromatic N) is 1. The molecule has 92 valence electrons. The Morgan fingerprint density at radius 2 is 0.867 bits per heavy atom. The molecule has 0 atom stereocenters. The number of hydrogen-bond acceptors (Lipinski definition) is 0. The average molecular weight is 230 g/mol. The highest BCUT2D eigenvalue weighted by atomic mass is 19.3. The van der Waals surface area contributed by atoms with E-state index in [4.69, 9.17) is 0 Å². The summed E-state index contributed by atoms with van der Waals surface area (Å²) in [6, 6.07) is 0. The SMILES string of the molecule is CC[N+](CC)(CC)CC.FC(F)=C(F)F. The van der Waals surface area contributed by atoms with Crippen LogP contribution in [0.15, 0.2) is 12.2 Å². The molecule has 0 amide bonds. The minimum atomic E-state index is -2.91. The summed E-state index contributed by atoms with van der Waals surface area (Å²) in [6.07, 6.45) is -5.81. The lowest BCUT2D eigenvalue weighted by atomic mass is 10.3. The van der Waals surface area contributed by atoms with Gasteiger partial charge in [-0.1, -0.05) is 0 Å². The molecule has 0 rings (SSSR count). The lowest BCUT2D eigenvalue weighted by Gasteiger charge is -2.34. The quantitative estimate of drug-likeness (QED) is 0.508. The van der Waals surface area contributed by atoms with Crippen LogP contribution < -0.4 is 0 Å². The van der Waals surface area contributed by atoms with E-state index in [-0.39, 0.29) is 0 Å². The van der Waals surface area contributed by atoms with E-state index in [1.807, 2.05) is 0 Å². The van der Waals surface area contributed by atoms with Crippen molar-refractivity contribution < 1.29 is 22.0 Å². The van der Waals surface area contributed by atoms with E-state index in [1.165, 1.54) is 30.7 Å². The van der Waals surface area contributed by atoms with Gasteiger partial charge in [0.1, 0.15) is 0 Å². The molecule has 0 aromatic carbocycles. The first-order valence-corrected chi connectivity index (χ1v) is 5.10. The summed E-state index contributed by atoms with van der Waals surface area (Å²) in [7, 11) is 0. The van der Waals surface area contributed by atoms with E-state index in [0.717, 1.165) is 0 Å². The summed E-state index contributed by atoms with van der Waals surface area (Å²) < 4.78 is 42.4. The van der Waals surface area contributed by atoms with Crippen LogP contribution in [0.5, 0.6) is 0 Å². The molecule has 0 unspecified atom stereocenters. The summed E-state index contributed by atoms with van der Waals surface area (Å²) in [5.41, 5.74) is 0. The Balaban J connectivity index is 0. The van der Waals surface area contributed by atoms with E-state index in [9.17, 15) is 17.6 Å². The minimum Gasteiger partial charge on any atom is -0.325 e. The molecule has 0 aromatic heterocycles. The van der Waals surface area contributed by atoms with Crippen molar-refractivity contribution in [1.29, 1.82) is 0 Å². The fourth-order valence-corrected chi connectivity index (χ4v) is 1.34. The molecule has 0 aromatic rings. The molecule has 15 heavy (non-hydrogen) atoms. The standard InChI is InChI=1S/C8H20N.C2F4/c1-5-9(6-2,7-3)8-4;3-1(4)2(5)6/h5-8H2,1-4H3;/q+1;. The van der Waals surface area contributed by atoms with E-state index < -0.39 is 12.2 Å². The Morgan fingerprint density at radius 3 is 0.867 bits per heavy atom. The van der Waals surface area contributed by atoms with Gasteiger partial charge < -0.3 is 4.48 Å². The Morgan fingerprint density at radius 1 is 0.667 bits per heavy atom. The summed E-state index contributed by atoms with van der Waals surface area (Å²) in [4.78, 5) is 0. The smallest absolute Gasteiger partial charge is 0.325 e. The van der Waals surface area contributed by atoms with Gasteiger partial charge >= 0.3 is 12.2 Å². The first-order chi connectivity index (χ1) is 6.89. The monoisotopic (exact) mass is 230 g/mol. The van der Waals surface area contributed by atoms with Crippen molar-refractivity contribution in [3.63, 3.8) is 0 Å². The second-order valence-corrected chi connectivity index (χ2v) is 3.13. The van der Waals surface area contributed by atoms with Crippen molar-refractivity contribution in [2.45, 2.75) is 27.7 Å². The van der Waals surface area contributed by atoms with Gasteiger partial charge in [0.2, 0.25) is 0 Å². The molecule has 0 aliphatic carbocycles. The van der Waals surface area contributed by atoms with Crippen molar-refractivity contribution in [2.24, 2.45) is 0 Å². The second kappa shape index (κ2) is 8.71. The topological polar surface area (TPSA) is 0 Å². The molecule has 0 bridgehead atoms. The van der Waals surface area contributed by atoms with Gasteiger partial charge in [0, 0.05) is 0 Å². The zero-order valence-corrected chi connectivity index (χ0v) is 9.79. The second-order valence-electron chi connectivity index (χ2n) is 3.13. The Hall–Kier alpha value is -0.580.